The SMILES string of the molecule is O=C1CN(C(=O)CN2CCCC2c2cccc(F)c2)CCN1. The molecule has 1 aromatic carbocycles. The van der Waals surface area contributed by atoms with Gasteiger partial charge in [-0.3, -0.25) is 14.5 Å². The molecule has 1 aromatic rings. The van der Waals surface area contributed by atoms with Crippen LogP contribution in [0.2, 0.25) is 0 Å². The van der Waals surface area contributed by atoms with Crippen LogP contribution in [0.4, 0.5) is 4.39 Å². The molecule has 2 aliphatic rings. The number of nitrogens with one attached hydrogen (secondary N) is 1. The van der Waals surface area contributed by atoms with Crippen LogP contribution in [0.25, 0.3) is 0 Å². The first kappa shape index (κ1) is 15.0. The Kier molecular flexibility index (Phi) is 4.38. The van der Waals surface area contributed by atoms with E-state index in [-0.39, 0.29) is 36.8 Å². The number of benzene rings is 1. The zero-order valence-electron chi connectivity index (χ0n) is 12.4. The van der Waals surface area contributed by atoms with E-state index < -0.39 is 0 Å². The second kappa shape index (κ2) is 6.44. The fourth-order valence-electron chi connectivity index (χ4n) is 3.23. The lowest BCUT2D eigenvalue weighted by Gasteiger charge is -2.30. The number of amides is 2. The maximum Gasteiger partial charge on any atom is 0.239 e. The minimum atomic E-state index is -0.247. The molecule has 0 spiro atoms. The van der Waals surface area contributed by atoms with Crippen molar-refractivity contribution >= 4 is 11.8 Å². The number of piperazine rings is 1. The van der Waals surface area contributed by atoms with Gasteiger partial charge in [-0.25, -0.2) is 4.39 Å². The Balaban J connectivity index is 1.66. The van der Waals surface area contributed by atoms with E-state index in [1.165, 1.54) is 6.07 Å². The second-order valence-corrected chi connectivity index (χ2v) is 5.85. The van der Waals surface area contributed by atoms with E-state index in [2.05, 4.69) is 10.2 Å². The highest BCUT2D eigenvalue weighted by atomic mass is 19.1. The number of carbonyl (C=O) groups is 2. The highest BCUT2D eigenvalue weighted by Gasteiger charge is 2.30. The Bertz CT molecular complexity index is 578. The lowest BCUT2D eigenvalue weighted by molar-refractivity contribution is -0.139. The van der Waals surface area contributed by atoms with E-state index in [4.69, 9.17) is 0 Å². The highest BCUT2D eigenvalue weighted by molar-refractivity contribution is 5.86. The summed E-state index contributed by atoms with van der Waals surface area (Å²) in [6.07, 6.45) is 1.92. The van der Waals surface area contributed by atoms with Crippen molar-refractivity contribution in [3.8, 4) is 0 Å². The molecule has 2 heterocycles. The quantitative estimate of drug-likeness (QED) is 0.903. The summed E-state index contributed by atoms with van der Waals surface area (Å²) in [4.78, 5) is 27.4. The van der Waals surface area contributed by atoms with Gasteiger partial charge in [0.15, 0.2) is 0 Å². The largest absolute Gasteiger partial charge is 0.353 e. The predicted molar refractivity (Wildman–Crippen MR) is 79.5 cm³/mol. The van der Waals surface area contributed by atoms with Gasteiger partial charge in [0.2, 0.25) is 11.8 Å². The van der Waals surface area contributed by atoms with E-state index in [9.17, 15) is 14.0 Å². The summed E-state index contributed by atoms with van der Waals surface area (Å²) in [5.41, 5.74) is 0.918. The van der Waals surface area contributed by atoms with E-state index in [1.54, 1.807) is 17.0 Å². The van der Waals surface area contributed by atoms with Crippen LogP contribution in [0.15, 0.2) is 24.3 Å². The van der Waals surface area contributed by atoms with Crippen molar-refractivity contribution in [3.05, 3.63) is 35.6 Å². The zero-order valence-corrected chi connectivity index (χ0v) is 12.4. The lowest BCUT2D eigenvalue weighted by atomic mass is 10.0. The zero-order chi connectivity index (χ0) is 15.5. The standard InChI is InChI=1S/C16H20FN3O2/c17-13-4-1-3-12(9-13)14-5-2-7-19(14)11-16(22)20-8-6-18-15(21)10-20/h1,3-4,9,14H,2,5-8,10-11H2,(H,18,21). The van der Waals surface area contributed by atoms with Gasteiger partial charge in [-0.2, -0.15) is 0 Å². The molecule has 22 heavy (non-hydrogen) atoms. The van der Waals surface area contributed by atoms with Crippen molar-refractivity contribution in [1.82, 2.24) is 15.1 Å². The summed E-state index contributed by atoms with van der Waals surface area (Å²) in [6, 6.07) is 6.67. The average Bonchev–Trinajstić information content (AvgIpc) is 2.95. The van der Waals surface area contributed by atoms with Crippen molar-refractivity contribution in [1.29, 1.82) is 0 Å². The van der Waals surface area contributed by atoms with Crippen LogP contribution < -0.4 is 5.32 Å². The van der Waals surface area contributed by atoms with E-state index in [0.29, 0.717) is 13.1 Å². The highest BCUT2D eigenvalue weighted by Crippen LogP contribution is 2.31. The summed E-state index contributed by atoms with van der Waals surface area (Å²) in [6.45, 7) is 2.32. The topological polar surface area (TPSA) is 52.7 Å². The molecule has 3 rings (SSSR count). The number of likely N-dealkylation sites (tertiary alicyclic amines) is 1. The molecule has 2 aliphatic heterocycles. The number of rotatable bonds is 3. The minimum absolute atomic E-state index is 0.0295. The number of hydrogen-bond donors (Lipinski definition) is 1. The Morgan fingerprint density at radius 1 is 1.36 bits per heavy atom. The van der Waals surface area contributed by atoms with Crippen molar-refractivity contribution < 1.29 is 14.0 Å². The van der Waals surface area contributed by atoms with Gasteiger partial charge >= 0.3 is 0 Å². The second-order valence-electron chi connectivity index (χ2n) is 5.85. The molecular formula is C16H20FN3O2. The molecule has 0 radical (unpaired) electrons. The molecule has 1 atom stereocenters. The molecule has 0 saturated carbocycles. The first-order valence-corrected chi connectivity index (χ1v) is 7.67. The molecule has 1 N–H and O–H groups in total. The molecule has 0 bridgehead atoms. The van der Waals surface area contributed by atoms with Crippen molar-refractivity contribution in [2.75, 3.05) is 32.7 Å². The monoisotopic (exact) mass is 305 g/mol. The number of hydrogen-bond acceptors (Lipinski definition) is 3. The van der Waals surface area contributed by atoms with Gasteiger partial charge in [-0.15, -0.1) is 0 Å². The molecule has 2 saturated heterocycles. The summed E-state index contributed by atoms with van der Waals surface area (Å²) >= 11 is 0. The smallest absolute Gasteiger partial charge is 0.239 e. The van der Waals surface area contributed by atoms with E-state index >= 15 is 0 Å². The average molecular weight is 305 g/mol. The Hall–Kier alpha value is -1.95. The van der Waals surface area contributed by atoms with Crippen LogP contribution in [0, 0.1) is 5.82 Å². The summed E-state index contributed by atoms with van der Waals surface area (Å²) in [7, 11) is 0. The number of carbonyl (C=O) groups excluding carboxylic acids is 2. The normalized spacial score (nSPS) is 22.7. The van der Waals surface area contributed by atoms with Gasteiger partial charge in [0, 0.05) is 19.1 Å². The van der Waals surface area contributed by atoms with Crippen LogP contribution >= 0.6 is 0 Å². The predicted octanol–water partition coefficient (Wildman–Crippen LogP) is 0.921. The maximum atomic E-state index is 13.4. The summed E-state index contributed by atoms with van der Waals surface area (Å²) < 4.78 is 13.4. The van der Waals surface area contributed by atoms with Crippen molar-refractivity contribution in [3.63, 3.8) is 0 Å². The van der Waals surface area contributed by atoms with Crippen molar-refractivity contribution in [2.24, 2.45) is 0 Å². The summed E-state index contributed by atoms with van der Waals surface area (Å²) in [5.74, 6) is -0.385. The van der Waals surface area contributed by atoms with Crippen LogP contribution in [0.3, 0.4) is 0 Å². The first-order chi connectivity index (χ1) is 10.6. The van der Waals surface area contributed by atoms with Crippen LogP contribution in [0.1, 0.15) is 24.4 Å². The fraction of sp³-hybridized carbons (Fsp3) is 0.500. The van der Waals surface area contributed by atoms with Crippen LogP contribution in [-0.4, -0.2) is 54.3 Å². The summed E-state index contributed by atoms with van der Waals surface area (Å²) in [5, 5.41) is 2.71. The van der Waals surface area contributed by atoms with Gasteiger partial charge in [-0.05, 0) is 37.1 Å². The molecule has 2 fully saturated rings. The molecule has 2 amide bonds. The molecule has 0 aromatic heterocycles. The van der Waals surface area contributed by atoms with Gasteiger partial charge < -0.3 is 10.2 Å². The third-order valence-electron chi connectivity index (χ3n) is 4.33. The van der Waals surface area contributed by atoms with Crippen molar-refractivity contribution in [2.45, 2.75) is 18.9 Å². The van der Waals surface area contributed by atoms with Crippen LogP contribution in [-0.2, 0) is 9.59 Å². The van der Waals surface area contributed by atoms with Crippen LogP contribution in [0.5, 0.6) is 0 Å². The van der Waals surface area contributed by atoms with Gasteiger partial charge in [0.05, 0.1) is 13.1 Å². The van der Waals surface area contributed by atoms with Gasteiger partial charge in [0.25, 0.3) is 0 Å². The molecule has 5 nitrogen and oxygen atoms in total. The molecule has 0 aliphatic carbocycles. The Morgan fingerprint density at radius 3 is 3.00 bits per heavy atom. The lowest BCUT2D eigenvalue weighted by Crippen LogP contribution is -2.52. The fourth-order valence-corrected chi connectivity index (χ4v) is 3.23. The third-order valence-corrected chi connectivity index (χ3v) is 4.33. The first-order valence-electron chi connectivity index (χ1n) is 7.67. The molecule has 6 heteroatoms. The molecule has 118 valence electrons. The maximum absolute atomic E-state index is 13.4. The minimum Gasteiger partial charge on any atom is -0.353 e. The Labute approximate surface area is 129 Å². The Morgan fingerprint density at radius 2 is 2.23 bits per heavy atom. The number of halogens is 1. The van der Waals surface area contributed by atoms with Gasteiger partial charge in [-0.1, -0.05) is 12.1 Å². The van der Waals surface area contributed by atoms with Gasteiger partial charge in [0.1, 0.15) is 5.82 Å². The number of nitrogens with zero attached hydrogens (tertiary/aromatic N) is 2. The van der Waals surface area contributed by atoms with E-state index in [0.717, 1.165) is 24.9 Å². The van der Waals surface area contributed by atoms with E-state index in [1.807, 2.05) is 6.07 Å². The third kappa shape index (κ3) is 3.27. The molecule has 1 unspecified atom stereocenters. The molecular weight excluding hydrogens is 285 g/mol.